The Morgan fingerprint density at radius 3 is 2.86 bits per heavy atom. The third kappa shape index (κ3) is 2.06. The van der Waals surface area contributed by atoms with Crippen LogP contribution in [0.5, 0.6) is 0 Å². The third-order valence-corrected chi connectivity index (χ3v) is 3.87. The number of H-pyrrole nitrogens is 1. The number of hydrogen-bond donors (Lipinski definition) is 2. The Labute approximate surface area is 128 Å². The van der Waals surface area contributed by atoms with Crippen molar-refractivity contribution in [2.75, 3.05) is 0 Å². The van der Waals surface area contributed by atoms with Gasteiger partial charge in [0.15, 0.2) is 0 Å². The smallest absolute Gasteiger partial charge is 0.223 e. The van der Waals surface area contributed by atoms with Gasteiger partial charge in [-0.3, -0.25) is 5.41 Å². The first-order valence-electron chi connectivity index (χ1n) is 6.44. The van der Waals surface area contributed by atoms with E-state index < -0.39 is 0 Å². The van der Waals surface area contributed by atoms with Crippen molar-refractivity contribution < 1.29 is 4.42 Å². The molecular formula is C16H10BrN3O. The second kappa shape index (κ2) is 4.56. The molecule has 4 rings (SSSR count). The first-order valence-corrected chi connectivity index (χ1v) is 7.23. The molecule has 21 heavy (non-hydrogen) atoms. The SMILES string of the molecule is N=c1oc2ccccc2cc1-c1nc2ccc(Br)cc2[nH]1. The molecule has 0 aliphatic carbocycles. The van der Waals surface area contributed by atoms with Gasteiger partial charge in [0.1, 0.15) is 11.4 Å². The quantitative estimate of drug-likeness (QED) is 0.545. The maximum Gasteiger partial charge on any atom is 0.223 e. The minimum atomic E-state index is 0.104. The number of nitrogens with zero attached hydrogens (tertiary/aromatic N) is 1. The molecule has 0 spiro atoms. The van der Waals surface area contributed by atoms with Crippen molar-refractivity contribution in [3.63, 3.8) is 0 Å². The van der Waals surface area contributed by atoms with E-state index in [9.17, 15) is 0 Å². The van der Waals surface area contributed by atoms with E-state index in [1.807, 2.05) is 48.5 Å². The van der Waals surface area contributed by atoms with Gasteiger partial charge in [0.05, 0.1) is 16.6 Å². The first-order chi connectivity index (χ1) is 10.2. The summed E-state index contributed by atoms with van der Waals surface area (Å²) in [6, 6.07) is 15.4. The minimum absolute atomic E-state index is 0.104. The number of para-hydroxylation sites is 1. The van der Waals surface area contributed by atoms with E-state index in [2.05, 4.69) is 25.9 Å². The highest BCUT2D eigenvalue weighted by Gasteiger charge is 2.10. The van der Waals surface area contributed by atoms with Crippen LogP contribution >= 0.6 is 15.9 Å². The van der Waals surface area contributed by atoms with Crippen LogP contribution in [0.25, 0.3) is 33.4 Å². The first kappa shape index (κ1) is 12.3. The lowest BCUT2D eigenvalue weighted by atomic mass is 10.2. The van der Waals surface area contributed by atoms with E-state index in [1.54, 1.807) is 0 Å². The lowest BCUT2D eigenvalue weighted by molar-refractivity contribution is 0.535. The molecule has 5 heteroatoms. The second-order valence-electron chi connectivity index (χ2n) is 4.77. The van der Waals surface area contributed by atoms with Crippen molar-refractivity contribution in [2.45, 2.75) is 0 Å². The van der Waals surface area contributed by atoms with E-state index in [0.717, 1.165) is 20.9 Å². The van der Waals surface area contributed by atoms with Gasteiger partial charge in [0.25, 0.3) is 0 Å². The monoisotopic (exact) mass is 339 g/mol. The van der Waals surface area contributed by atoms with Crippen LogP contribution < -0.4 is 5.55 Å². The molecule has 0 fully saturated rings. The van der Waals surface area contributed by atoms with Crippen molar-refractivity contribution in [2.24, 2.45) is 0 Å². The molecule has 0 atom stereocenters. The molecule has 102 valence electrons. The van der Waals surface area contributed by atoms with Crippen LogP contribution in [0.4, 0.5) is 0 Å². The van der Waals surface area contributed by atoms with E-state index >= 15 is 0 Å². The van der Waals surface area contributed by atoms with Gasteiger partial charge >= 0.3 is 0 Å². The van der Waals surface area contributed by atoms with Gasteiger partial charge in [-0.15, -0.1) is 0 Å². The molecule has 0 unspecified atom stereocenters. The van der Waals surface area contributed by atoms with Crippen LogP contribution in [-0.4, -0.2) is 9.97 Å². The molecule has 2 heterocycles. The summed E-state index contributed by atoms with van der Waals surface area (Å²) in [4.78, 5) is 7.77. The fraction of sp³-hybridized carbons (Fsp3) is 0. The number of rotatable bonds is 1. The summed E-state index contributed by atoms with van der Waals surface area (Å²) in [5.41, 5.74) is 3.24. The van der Waals surface area contributed by atoms with Gasteiger partial charge in [0, 0.05) is 9.86 Å². The molecule has 0 aliphatic rings. The Kier molecular flexibility index (Phi) is 2.68. The van der Waals surface area contributed by atoms with Crippen LogP contribution in [0.15, 0.2) is 57.4 Å². The van der Waals surface area contributed by atoms with Crippen LogP contribution in [0.1, 0.15) is 0 Å². The highest BCUT2D eigenvalue weighted by Crippen LogP contribution is 2.23. The standard InChI is InChI=1S/C16H10BrN3O/c17-10-5-6-12-13(8-10)20-16(19-12)11-7-9-3-1-2-4-14(9)21-15(11)18/h1-8,18H,(H,19,20). The average molecular weight is 340 g/mol. The van der Waals surface area contributed by atoms with Crippen LogP contribution in [0, 0.1) is 5.41 Å². The van der Waals surface area contributed by atoms with Crippen LogP contribution in [0.2, 0.25) is 0 Å². The number of nitrogens with one attached hydrogen (secondary N) is 2. The maximum absolute atomic E-state index is 8.07. The van der Waals surface area contributed by atoms with Crippen molar-refractivity contribution >= 4 is 37.9 Å². The lowest BCUT2D eigenvalue weighted by Crippen LogP contribution is -2.03. The summed E-state index contributed by atoms with van der Waals surface area (Å²) in [6.07, 6.45) is 0. The normalized spacial score (nSPS) is 11.3. The summed E-state index contributed by atoms with van der Waals surface area (Å²) < 4.78 is 6.55. The van der Waals surface area contributed by atoms with Gasteiger partial charge in [-0.25, -0.2) is 4.98 Å². The zero-order valence-electron chi connectivity index (χ0n) is 10.9. The van der Waals surface area contributed by atoms with Crippen LogP contribution in [0.3, 0.4) is 0 Å². The Morgan fingerprint density at radius 2 is 1.95 bits per heavy atom. The lowest BCUT2D eigenvalue weighted by Gasteiger charge is -2.00. The van der Waals surface area contributed by atoms with Crippen molar-refractivity contribution in [3.8, 4) is 11.4 Å². The van der Waals surface area contributed by atoms with E-state index in [1.165, 1.54) is 0 Å². The number of aromatic amines is 1. The highest BCUT2D eigenvalue weighted by molar-refractivity contribution is 9.10. The summed E-state index contributed by atoms with van der Waals surface area (Å²) >= 11 is 3.44. The van der Waals surface area contributed by atoms with E-state index in [0.29, 0.717) is 17.0 Å². The Morgan fingerprint density at radius 1 is 1.10 bits per heavy atom. The zero-order valence-corrected chi connectivity index (χ0v) is 12.4. The fourth-order valence-corrected chi connectivity index (χ4v) is 2.73. The second-order valence-corrected chi connectivity index (χ2v) is 5.69. The number of aromatic nitrogens is 2. The van der Waals surface area contributed by atoms with Gasteiger partial charge in [-0.05, 0) is 30.3 Å². The molecule has 0 saturated heterocycles. The van der Waals surface area contributed by atoms with Gasteiger partial charge < -0.3 is 9.40 Å². The number of halogens is 1. The zero-order chi connectivity index (χ0) is 14.4. The molecule has 0 amide bonds. The molecule has 4 nitrogen and oxygen atoms in total. The molecule has 0 bridgehead atoms. The number of benzene rings is 2. The summed E-state index contributed by atoms with van der Waals surface area (Å²) in [5.74, 6) is 0.641. The predicted molar refractivity (Wildman–Crippen MR) is 84.9 cm³/mol. The Hall–Kier alpha value is -2.40. The van der Waals surface area contributed by atoms with Gasteiger partial charge in [-0.1, -0.05) is 34.1 Å². The fourth-order valence-electron chi connectivity index (χ4n) is 2.36. The van der Waals surface area contributed by atoms with Gasteiger partial charge in [0.2, 0.25) is 5.55 Å². The van der Waals surface area contributed by atoms with Crippen molar-refractivity contribution in [1.29, 1.82) is 5.41 Å². The van der Waals surface area contributed by atoms with Crippen molar-refractivity contribution in [3.05, 3.63) is 58.6 Å². The van der Waals surface area contributed by atoms with Crippen molar-refractivity contribution in [1.82, 2.24) is 9.97 Å². The summed E-state index contributed by atoms with van der Waals surface area (Å²) in [6.45, 7) is 0. The topological polar surface area (TPSA) is 65.7 Å². The molecule has 2 N–H and O–H groups in total. The Balaban J connectivity index is 1.99. The largest absolute Gasteiger partial charge is 0.438 e. The molecular weight excluding hydrogens is 330 g/mol. The molecule has 0 aliphatic heterocycles. The summed E-state index contributed by atoms with van der Waals surface area (Å²) in [5, 5.41) is 9.02. The number of hydrogen-bond acceptors (Lipinski definition) is 3. The molecule has 2 aromatic carbocycles. The van der Waals surface area contributed by atoms with Gasteiger partial charge in [-0.2, -0.15) is 0 Å². The average Bonchev–Trinajstić information content (AvgIpc) is 2.89. The Bertz CT molecular complexity index is 1030. The van der Waals surface area contributed by atoms with Crippen LogP contribution in [-0.2, 0) is 0 Å². The predicted octanol–water partition coefficient (Wildman–Crippen LogP) is 4.22. The third-order valence-electron chi connectivity index (χ3n) is 3.37. The number of fused-ring (bicyclic) bond motifs is 2. The number of imidazole rings is 1. The molecule has 0 radical (unpaired) electrons. The molecule has 2 aromatic heterocycles. The summed E-state index contributed by atoms with van der Waals surface area (Å²) in [7, 11) is 0. The highest BCUT2D eigenvalue weighted by atomic mass is 79.9. The van der Waals surface area contributed by atoms with E-state index in [4.69, 9.17) is 9.83 Å². The maximum atomic E-state index is 8.07. The van der Waals surface area contributed by atoms with E-state index in [-0.39, 0.29) is 5.55 Å². The molecule has 4 aromatic rings. The minimum Gasteiger partial charge on any atom is -0.438 e. The molecule has 0 saturated carbocycles.